The van der Waals surface area contributed by atoms with Crippen molar-refractivity contribution in [2.45, 2.75) is 18.9 Å². The molecule has 0 N–H and O–H groups in total. The van der Waals surface area contributed by atoms with Crippen LogP contribution < -0.4 is 0 Å². The molecular weight excluding hydrogens is 286 g/mol. The van der Waals surface area contributed by atoms with Gasteiger partial charge >= 0.3 is 0 Å². The maximum atomic E-state index is 12.9. The number of likely N-dealkylation sites (N-methyl/N-ethyl adjacent to an activating group) is 1. The van der Waals surface area contributed by atoms with Crippen LogP contribution in [0.2, 0.25) is 0 Å². The zero-order valence-corrected chi connectivity index (χ0v) is 13.9. The second-order valence-electron chi connectivity index (χ2n) is 6.50. The van der Waals surface area contributed by atoms with E-state index in [-0.39, 0.29) is 11.9 Å². The first-order valence-corrected chi connectivity index (χ1v) is 7.98. The topological polar surface area (TPSA) is 36.4 Å². The monoisotopic (exact) mass is 309 g/mol. The smallest absolute Gasteiger partial charge is 0.244 e. The predicted molar refractivity (Wildman–Crippen MR) is 91.2 cm³/mol. The third-order valence-corrected chi connectivity index (χ3v) is 4.48. The number of aromatic nitrogens is 1. The van der Waals surface area contributed by atoms with E-state index >= 15 is 0 Å². The number of nitrogens with zero attached hydrogens (tertiary/aromatic N) is 3. The first-order chi connectivity index (χ1) is 11.1. The van der Waals surface area contributed by atoms with Gasteiger partial charge in [-0.15, -0.1) is 0 Å². The summed E-state index contributed by atoms with van der Waals surface area (Å²) in [6.45, 7) is 3.64. The minimum absolute atomic E-state index is 0.186. The van der Waals surface area contributed by atoms with Crippen molar-refractivity contribution in [2.24, 2.45) is 0 Å². The lowest BCUT2D eigenvalue weighted by Crippen LogP contribution is -2.52. The molecular formula is C19H23N3O. The van der Waals surface area contributed by atoms with Crippen molar-refractivity contribution in [1.82, 2.24) is 14.8 Å². The number of likely N-dealkylation sites (tertiary alicyclic amines) is 1. The fraction of sp³-hybridized carbons (Fsp3) is 0.368. The molecule has 1 aliphatic rings. The van der Waals surface area contributed by atoms with Gasteiger partial charge in [-0.05, 0) is 44.3 Å². The Labute approximate surface area is 137 Å². The SMILES string of the molecule is Cc1cccc(C(C(=O)N2CC(c3ccncc3)C2)N(C)C)c1. The Kier molecular flexibility index (Phi) is 4.44. The second-order valence-corrected chi connectivity index (χ2v) is 6.50. The molecule has 3 rings (SSSR count). The summed E-state index contributed by atoms with van der Waals surface area (Å²) in [6, 6.07) is 12.1. The van der Waals surface area contributed by atoms with Crippen LogP contribution in [-0.2, 0) is 4.79 Å². The molecule has 1 aromatic heterocycles. The lowest BCUT2D eigenvalue weighted by molar-refractivity contribution is -0.141. The van der Waals surface area contributed by atoms with Crippen molar-refractivity contribution in [2.75, 3.05) is 27.2 Å². The largest absolute Gasteiger partial charge is 0.340 e. The van der Waals surface area contributed by atoms with E-state index in [1.807, 2.05) is 60.6 Å². The summed E-state index contributed by atoms with van der Waals surface area (Å²) in [5.74, 6) is 0.619. The highest BCUT2D eigenvalue weighted by Gasteiger charge is 2.36. The summed E-state index contributed by atoms with van der Waals surface area (Å²) in [5, 5.41) is 0. The Hall–Kier alpha value is -2.20. The lowest BCUT2D eigenvalue weighted by atomic mass is 9.90. The third-order valence-electron chi connectivity index (χ3n) is 4.48. The molecule has 4 nitrogen and oxygen atoms in total. The molecule has 1 aliphatic heterocycles. The van der Waals surface area contributed by atoms with Crippen LogP contribution in [0, 0.1) is 6.92 Å². The molecule has 1 unspecified atom stereocenters. The van der Waals surface area contributed by atoms with Crippen molar-refractivity contribution in [3.05, 3.63) is 65.5 Å². The average molecular weight is 309 g/mol. The molecule has 120 valence electrons. The Balaban J connectivity index is 1.71. The quantitative estimate of drug-likeness (QED) is 0.871. The molecule has 2 heterocycles. The van der Waals surface area contributed by atoms with Gasteiger partial charge in [0.15, 0.2) is 0 Å². The molecule has 0 saturated carbocycles. The van der Waals surface area contributed by atoms with E-state index in [2.05, 4.69) is 24.0 Å². The maximum absolute atomic E-state index is 12.9. The van der Waals surface area contributed by atoms with Gasteiger partial charge in [-0.25, -0.2) is 0 Å². The third kappa shape index (κ3) is 3.27. The standard InChI is InChI=1S/C19H23N3O/c1-14-5-4-6-16(11-14)18(21(2)3)19(23)22-12-17(13-22)15-7-9-20-10-8-15/h4-11,17-18H,12-13H2,1-3H3. The van der Waals surface area contributed by atoms with Crippen molar-refractivity contribution < 1.29 is 4.79 Å². The molecule has 4 heteroatoms. The zero-order chi connectivity index (χ0) is 16.4. The number of carbonyl (C=O) groups excluding carboxylic acids is 1. The van der Waals surface area contributed by atoms with Crippen LogP contribution in [0.3, 0.4) is 0 Å². The number of benzene rings is 1. The van der Waals surface area contributed by atoms with E-state index in [9.17, 15) is 4.79 Å². The molecule has 0 aliphatic carbocycles. The van der Waals surface area contributed by atoms with Gasteiger partial charge in [0.1, 0.15) is 6.04 Å². The number of pyridine rings is 1. The van der Waals surface area contributed by atoms with Crippen molar-refractivity contribution >= 4 is 5.91 Å². The van der Waals surface area contributed by atoms with Gasteiger partial charge in [0, 0.05) is 31.4 Å². The van der Waals surface area contributed by atoms with Gasteiger partial charge < -0.3 is 4.90 Å². The lowest BCUT2D eigenvalue weighted by Gasteiger charge is -2.42. The summed E-state index contributed by atoms with van der Waals surface area (Å²) < 4.78 is 0. The van der Waals surface area contributed by atoms with E-state index < -0.39 is 0 Å². The highest BCUT2D eigenvalue weighted by molar-refractivity contribution is 5.84. The van der Waals surface area contributed by atoms with Crippen LogP contribution >= 0.6 is 0 Å². The van der Waals surface area contributed by atoms with E-state index in [4.69, 9.17) is 0 Å². The van der Waals surface area contributed by atoms with Crippen LogP contribution in [0.25, 0.3) is 0 Å². The fourth-order valence-corrected chi connectivity index (χ4v) is 3.18. The highest BCUT2D eigenvalue weighted by Crippen LogP contribution is 2.31. The number of hydrogen-bond donors (Lipinski definition) is 0. The Morgan fingerprint density at radius 1 is 1.22 bits per heavy atom. The van der Waals surface area contributed by atoms with Crippen molar-refractivity contribution in [3.63, 3.8) is 0 Å². The Morgan fingerprint density at radius 3 is 2.52 bits per heavy atom. The molecule has 0 spiro atoms. The number of carbonyl (C=O) groups is 1. The highest BCUT2D eigenvalue weighted by atomic mass is 16.2. The van der Waals surface area contributed by atoms with Gasteiger partial charge in [0.05, 0.1) is 0 Å². The first-order valence-electron chi connectivity index (χ1n) is 7.98. The molecule has 1 saturated heterocycles. The number of hydrogen-bond acceptors (Lipinski definition) is 3. The van der Waals surface area contributed by atoms with Crippen LogP contribution in [0.1, 0.15) is 28.7 Å². The minimum Gasteiger partial charge on any atom is -0.340 e. The zero-order valence-electron chi connectivity index (χ0n) is 13.9. The second kappa shape index (κ2) is 6.50. The normalized spacial score (nSPS) is 16.3. The molecule has 2 aromatic rings. The van der Waals surface area contributed by atoms with Gasteiger partial charge in [-0.3, -0.25) is 14.7 Å². The number of rotatable bonds is 4. The van der Waals surface area contributed by atoms with Gasteiger partial charge in [-0.1, -0.05) is 29.8 Å². The summed E-state index contributed by atoms with van der Waals surface area (Å²) in [7, 11) is 3.93. The average Bonchev–Trinajstić information content (AvgIpc) is 2.46. The number of aryl methyl sites for hydroxylation is 1. The number of amides is 1. The van der Waals surface area contributed by atoms with Gasteiger partial charge in [-0.2, -0.15) is 0 Å². The molecule has 23 heavy (non-hydrogen) atoms. The summed E-state index contributed by atoms with van der Waals surface area (Å²) >= 11 is 0. The van der Waals surface area contributed by atoms with E-state index in [0.717, 1.165) is 18.7 Å². The minimum atomic E-state index is -0.215. The predicted octanol–water partition coefficient (Wildman–Crippen LogP) is 2.62. The summed E-state index contributed by atoms with van der Waals surface area (Å²) in [6.07, 6.45) is 3.63. The molecule has 1 fully saturated rings. The molecule has 0 bridgehead atoms. The molecule has 0 radical (unpaired) electrons. The van der Waals surface area contributed by atoms with Crippen molar-refractivity contribution in [1.29, 1.82) is 0 Å². The van der Waals surface area contributed by atoms with Crippen LogP contribution in [0.4, 0.5) is 0 Å². The van der Waals surface area contributed by atoms with E-state index in [0.29, 0.717) is 5.92 Å². The van der Waals surface area contributed by atoms with Crippen LogP contribution in [-0.4, -0.2) is 47.9 Å². The maximum Gasteiger partial charge on any atom is 0.244 e. The Bertz CT molecular complexity index is 678. The molecule has 1 atom stereocenters. The van der Waals surface area contributed by atoms with Gasteiger partial charge in [0.25, 0.3) is 0 Å². The van der Waals surface area contributed by atoms with Crippen LogP contribution in [0.15, 0.2) is 48.8 Å². The van der Waals surface area contributed by atoms with Gasteiger partial charge in [0.2, 0.25) is 5.91 Å². The molecule has 1 amide bonds. The Morgan fingerprint density at radius 2 is 1.91 bits per heavy atom. The first kappa shape index (κ1) is 15.7. The molecule has 1 aromatic carbocycles. The summed E-state index contributed by atoms with van der Waals surface area (Å²) in [5.41, 5.74) is 3.51. The van der Waals surface area contributed by atoms with E-state index in [1.54, 1.807) is 0 Å². The van der Waals surface area contributed by atoms with Crippen LogP contribution in [0.5, 0.6) is 0 Å². The van der Waals surface area contributed by atoms with E-state index in [1.165, 1.54) is 11.1 Å². The fourth-order valence-electron chi connectivity index (χ4n) is 3.18. The van der Waals surface area contributed by atoms with Crippen molar-refractivity contribution in [3.8, 4) is 0 Å². The summed E-state index contributed by atoms with van der Waals surface area (Å²) in [4.78, 5) is 20.9.